The maximum atomic E-state index is 12.6. The molecule has 0 saturated carbocycles. The van der Waals surface area contributed by atoms with Crippen LogP contribution in [0.1, 0.15) is 24.8 Å². The number of hydrogen-bond acceptors (Lipinski definition) is 6. The van der Waals surface area contributed by atoms with Gasteiger partial charge in [-0.05, 0) is 49.3 Å². The van der Waals surface area contributed by atoms with E-state index in [-0.39, 0.29) is 5.75 Å². The number of halogens is 2. The van der Waals surface area contributed by atoms with Crippen LogP contribution in [0, 0.1) is 0 Å². The molecule has 0 unspecified atom stereocenters. The SMILES string of the molecule is COc1ccc(CN(C)CCCCCn2nnc(-c3ccccc3)n2)cc1OC(F)F. The fourth-order valence-corrected chi connectivity index (χ4v) is 3.25. The van der Waals surface area contributed by atoms with Gasteiger partial charge in [-0.3, -0.25) is 0 Å². The summed E-state index contributed by atoms with van der Waals surface area (Å²) in [6.45, 7) is -0.646. The number of ether oxygens (including phenoxy) is 2. The van der Waals surface area contributed by atoms with Crippen molar-refractivity contribution in [2.24, 2.45) is 0 Å². The first-order chi connectivity index (χ1) is 15.0. The fourth-order valence-electron chi connectivity index (χ4n) is 3.25. The second kappa shape index (κ2) is 11.4. The van der Waals surface area contributed by atoms with Gasteiger partial charge < -0.3 is 14.4 Å². The number of unbranched alkanes of at least 4 members (excludes halogenated alkanes) is 2. The third kappa shape index (κ3) is 6.99. The van der Waals surface area contributed by atoms with Crippen molar-refractivity contribution in [3.8, 4) is 22.9 Å². The lowest BCUT2D eigenvalue weighted by Gasteiger charge is -2.18. The number of hydrogen-bond donors (Lipinski definition) is 0. The Labute approximate surface area is 180 Å². The molecule has 0 aliphatic carbocycles. The van der Waals surface area contributed by atoms with Crippen LogP contribution in [-0.4, -0.2) is 52.4 Å². The van der Waals surface area contributed by atoms with Crippen molar-refractivity contribution < 1.29 is 18.3 Å². The van der Waals surface area contributed by atoms with E-state index >= 15 is 0 Å². The molecule has 0 spiro atoms. The van der Waals surface area contributed by atoms with E-state index in [9.17, 15) is 8.78 Å². The third-order valence-corrected chi connectivity index (χ3v) is 4.78. The minimum Gasteiger partial charge on any atom is -0.493 e. The molecule has 3 aromatic rings. The van der Waals surface area contributed by atoms with E-state index in [1.807, 2.05) is 43.4 Å². The van der Waals surface area contributed by atoms with Gasteiger partial charge in [0, 0.05) is 12.1 Å². The average molecular weight is 431 g/mol. The van der Waals surface area contributed by atoms with Crippen molar-refractivity contribution in [2.45, 2.75) is 39.0 Å². The molecule has 1 heterocycles. The predicted octanol–water partition coefficient (Wildman–Crippen LogP) is 4.25. The number of methoxy groups -OCH3 is 1. The van der Waals surface area contributed by atoms with Gasteiger partial charge in [-0.15, -0.1) is 10.2 Å². The summed E-state index contributed by atoms with van der Waals surface area (Å²) < 4.78 is 34.8. The van der Waals surface area contributed by atoms with Gasteiger partial charge in [-0.2, -0.15) is 13.6 Å². The van der Waals surface area contributed by atoms with Crippen molar-refractivity contribution in [2.75, 3.05) is 20.7 Å². The van der Waals surface area contributed by atoms with Gasteiger partial charge in [0.25, 0.3) is 0 Å². The number of aromatic nitrogens is 4. The van der Waals surface area contributed by atoms with Crippen LogP contribution in [0.15, 0.2) is 48.5 Å². The Hall–Kier alpha value is -3.07. The van der Waals surface area contributed by atoms with Crippen LogP contribution in [-0.2, 0) is 13.1 Å². The first-order valence-corrected chi connectivity index (χ1v) is 10.2. The second-order valence-corrected chi connectivity index (χ2v) is 7.24. The minimum absolute atomic E-state index is 0.0543. The Morgan fingerprint density at radius 1 is 1.03 bits per heavy atom. The highest BCUT2D eigenvalue weighted by Crippen LogP contribution is 2.29. The molecule has 0 bridgehead atoms. The van der Waals surface area contributed by atoms with Crippen LogP contribution < -0.4 is 9.47 Å². The Balaban J connectivity index is 1.39. The number of rotatable bonds is 12. The van der Waals surface area contributed by atoms with Crippen molar-refractivity contribution in [1.82, 2.24) is 25.1 Å². The lowest BCUT2D eigenvalue weighted by Crippen LogP contribution is -2.19. The summed E-state index contributed by atoms with van der Waals surface area (Å²) in [4.78, 5) is 3.78. The quantitative estimate of drug-likeness (QED) is 0.400. The Kier molecular flexibility index (Phi) is 8.28. The van der Waals surface area contributed by atoms with Crippen LogP contribution in [0.2, 0.25) is 0 Å². The molecule has 7 nitrogen and oxygen atoms in total. The maximum Gasteiger partial charge on any atom is 0.387 e. The highest BCUT2D eigenvalue weighted by atomic mass is 19.3. The van der Waals surface area contributed by atoms with Gasteiger partial charge in [0.2, 0.25) is 5.82 Å². The van der Waals surface area contributed by atoms with E-state index in [0.29, 0.717) is 18.1 Å². The first-order valence-electron chi connectivity index (χ1n) is 10.2. The minimum atomic E-state index is -2.88. The molecule has 0 radical (unpaired) electrons. The molecule has 2 aromatic carbocycles. The molecule has 0 fully saturated rings. The zero-order chi connectivity index (χ0) is 22.1. The van der Waals surface area contributed by atoms with E-state index in [1.54, 1.807) is 16.9 Å². The smallest absolute Gasteiger partial charge is 0.387 e. The van der Waals surface area contributed by atoms with Crippen LogP contribution in [0.4, 0.5) is 8.78 Å². The summed E-state index contributed by atoms with van der Waals surface area (Å²) in [5.74, 6) is 0.984. The monoisotopic (exact) mass is 431 g/mol. The molecule has 0 saturated heterocycles. The molecule has 31 heavy (non-hydrogen) atoms. The Bertz CT molecular complexity index is 937. The molecular weight excluding hydrogens is 404 g/mol. The number of tetrazole rings is 1. The Morgan fingerprint density at radius 3 is 2.58 bits per heavy atom. The summed E-state index contributed by atoms with van der Waals surface area (Å²) in [5.41, 5.74) is 1.84. The van der Waals surface area contributed by atoms with Gasteiger partial charge >= 0.3 is 6.61 Å². The first kappa shape index (κ1) is 22.6. The summed E-state index contributed by atoms with van der Waals surface area (Å²) >= 11 is 0. The average Bonchev–Trinajstić information content (AvgIpc) is 3.23. The largest absolute Gasteiger partial charge is 0.493 e. The molecule has 166 valence electrons. The van der Waals surface area contributed by atoms with Crippen LogP contribution >= 0.6 is 0 Å². The van der Waals surface area contributed by atoms with E-state index in [0.717, 1.165) is 43.5 Å². The predicted molar refractivity (Wildman–Crippen MR) is 113 cm³/mol. The van der Waals surface area contributed by atoms with Crippen LogP contribution in [0.5, 0.6) is 11.5 Å². The molecule has 3 rings (SSSR count). The summed E-state index contributed by atoms with van der Waals surface area (Å²) in [5, 5.41) is 12.6. The molecular formula is C22H27F2N5O2. The molecule has 0 atom stereocenters. The number of aryl methyl sites for hydroxylation is 1. The van der Waals surface area contributed by atoms with Crippen LogP contribution in [0.25, 0.3) is 11.4 Å². The summed E-state index contributed by atoms with van der Waals surface area (Å²) in [6.07, 6.45) is 2.98. The summed E-state index contributed by atoms with van der Waals surface area (Å²) in [6, 6.07) is 14.9. The molecule has 9 heteroatoms. The van der Waals surface area contributed by atoms with Gasteiger partial charge in [0.15, 0.2) is 11.5 Å². The standard InChI is InChI=1S/C22H27F2N5O2/c1-28(16-17-11-12-19(30-2)20(15-17)31-22(23)24)13-7-4-8-14-29-26-21(25-27-29)18-9-5-3-6-10-18/h3,5-6,9-12,15,22H,4,7-8,13-14,16H2,1-2H3. The summed E-state index contributed by atoms with van der Waals surface area (Å²) in [7, 11) is 3.43. The molecule has 0 aliphatic rings. The molecule has 0 aliphatic heterocycles. The lowest BCUT2D eigenvalue weighted by atomic mass is 10.1. The molecule has 1 aromatic heterocycles. The van der Waals surface area contributed by atoms with E-state index in [2.05, 4.69) is 25.0 Å². The second-order valence-electron chi connectivity index (χ2n) is 7.24. The Morgan fingerprint density at radius 2 is 1.84 bits per heavy atom. The number of benzene rings is 2. The van der Waals surface area contributed by atoms with Gasteiger partial charge in [-0.1, -0.05) is 42.8 Å². The molecule has 0 amide bonds. The van der Waals surface area contributed by atoms with Crippen molar-refractivity contribution >= 4 is 0 Å². The number of nitrogens with zero attached hydrogens (tertiary/aromatic N) is 5. The molecule has 0 N–H and O–H groups in total. The topological polar surface area (TPSA) is 65.3 Å². The van der Waals surface area contributed by atoms with E-state index in [4.69, 9.17) is 4.74 Å². The number of alkyl halides is 2. The third-order valence-electron chi connectivity index (χ3n) is 4.78. The highest BCUT2D eigenvalue weighted by molar-refractivity contribution is 5.52. The van der Waals surface area contributed by atoms with Crippen molar-refractivity contribution in [3.05, 3.63) is 54.1 Å². The normalized spacial score (nSPS) is 11.3. The van der Waals surface area contributed by atoms with Gasteiger partial charge in [0.1, 0.15) is 0 Å². The fraction of sp³-hybridized carbons (Fsp3) is 0.409. The van der Waals surface area contributed by atoms with Gasteiger partial charge in [0.05, 0.1) is 13.7 Å². The zero-order valence-electron chi connectivity index (χ0n) is 17.7. The lowest BCUT2D eigenvalue weighted by molar-refractivity contribution is -0.0512. The van der Waals surface area contributed by atoms with Crippen molar-refractivity contribution in [1.29, 1.82) is 0 Å². The highest BCUT2D eigenvalue weighted by Gasteiger charge is 2.12. The van der Waals surface area contributed by atoms with E-state index < -0.39 is 6.61 Å². The van der Waals surface area contributed by atoms with E-state index in [1.165, 1.54) is 7.11 Å². The van der Waals surface area contributed by atoms with Gasteiger partial charge in [-0.25, -0.2) is 0 Å². The zero-order valence-corrected chi connectivity index (χ0v) is 17.7. The maximum absolute atomic E-state index is 12.6. The van der Waals surface area contributed by atoms with Crippen LogP contribution in [0.3, 0.4) is 0 Å². The van der Waals surface area contributed by atoms with Crippen molar-refractivity contribution in [3.63, 3.8) is 0 Å².